The summed E-state index contributed by atoms with van der Waals surface area (Å²) in [7, 11) is 1.55. The van der Waals surface area contributed by atoms with Gasteiger partial charge in [0.1, 0.15) is 5.75 Å². The number of ketones is 1. The Hall–Kier alpha value is -2.17. The van der Waals surface area contributed by atoms with Gasteiger partial charge in [-0.3, -0.25) is 4.79 Å². The summed E-state index contributed by atoms with van der Waals surface area (Å²) < 4.78 is 5.14. The van der Waals surface area contributed by atoms with Crippen molar-refractivity contribution in [2.45, 2.75) is 13.5 Å². The maximum atomic E-state index is 11.5. The molecule has 0 aliphatic rings. The number of hydrogen-bond acceptors (Lipinski definition) is 4. The molecule has 5 nitrogen and oxygen atoms in total. The molecule has 1 aromatic carbocycles. The number of nitrogens with zero attached hydrogens (tertiary/aromatic N) is 3. The molecule has 0 unspecified atom stereocenters. The molecule has 17 heavy (non-hydrogen) atoms. The SMILES string of the molecule is COc1ccc(Cn2nccn2)cc1C(C)=O. The minimum atomic E-state index is -0.0166. The number of methoxy groups -OCH3 is 1. The standard InChI is InChI=1S/C12H13N3O2/c1-9(16)11-7-10(3-4-12(11)17-2)8-15-13-5-6-14-15/h3-7H,8H2,1-2H3. The Morgan fingerprint density at radius 1 is 1.35 bits per heavy atom. The second-order valence-electron chi connectivity index (χ2n) is 3.65. The topological polar surface area (TPSA) is 57.0 Å². The first-order valence-corrected chi connectivity index (χ1v) is 5.22. The number of carbonyl (C=O) groups is 1. The maximum Gasteiger partial charge on any atom is 0.163 e. The molecule has 0 bridgehead atoms. The van der Waals surface area contributed by atoms with E-state index in [-0.39, 0.29) is 5.78 Å². The van der Waals surface area contributed by atoms with Crippen LogP contribution in [0.25, 0.3) is 0 Å². The van der Waals surface area contributed by atoms with E-state index >= 15 is 0 Å². The van der Waals surface area contributed by atoms with Gasteiger partial charge in [0.15, 0.2) is 5.78 Å². The summed E-state index contributed by atoms with van der Waals surface area (Å²) in [5.74, 6) is 0.576. The number of aromatic nitrogens is 3. The molecule has 0 radical (unpaired) electrons. The highest BCUT2D eigenvalue weighted by atomic mass is 16.5. The van der Waals surface area contributed by atoms with Gasteiger partial charge < -0.3 is 4.74 Å². The van der Waals surface area contributed by atoms with E-state index in [1.54, 1.807) is 30.4 Å². The lowest BCUT2D eigenvalue weighted by Gasteiger charge is -2.08. The van der Waals surface area contributed by atoms with Crippen LogP contribution in [0.3, 0.4) is 0 Å². The van der Waals surface area contributed by atoms with E-state index in [9.17, 15) is 4.79 Å². The lowest BCUT2D eigenvalue weighted by Crippen LogP contribution is -2.05. The molecule has 0 atom stereocenters. The van der Waals surface area contributed by atoms with Gasteiger partial charge in [0.05, 0.1) is 31.6 Å². The van der Waals surface area contributed by atoms with Gasteiger partial charge in [-0.1, -0.05) is 6.07 Å². The first kappa shape index (κ1) is 11.3. The van der Waals surface area contributed by atoms with Crippen LogP contribution in [0, 0.1) is 0 Å². The smallest absolute Gasteiger partial charge is 0.163 e. The summed E-state index contributed by atoms with van der Waals surface area (Å²) in [6.45, 7) is 2.06. The van der Waals surface area contributed by atoms with Gasteiger partial charge in [-0.2, -0.15) is 15.0 Å². The van der Waals surface area contributed by atoms with Crippen molar-refractivity contribution in [3.63, 3.8) is 0 Å². The fourth-order valence-corrected chi connectivity index (χ4v) is 1.62. The second kappa shape index (κ2) is 4.78. The molecule has 0 N–H and O–H groups in total. The first-order valence-electron chi connectivity index (χ1n) is 5.22. The molecular formula is C12H13N3O2. The third kappa shape index (κ3) is 2.50. The largest absolute Gasteiger partial charge is 0.496 e. The minimum absolute atomic E-state index is 0.0166. The van der Waals surface area contributed by atoms with Crippen LogP contribution in [0.5, 0.6) is 5.75 Å². The van der Waals surface area contributed by atoms with Crippen LogP contribution < -0.4 is 4.74 Å². The molecule has 88 valence electrons. The quantitative estimate of drug-likeness (QED) is 0.749. The monoisotopic (exact) mass is 231 g/mol. The minimum Gasteiger partial charge on any atom is -0.496 e. The van der Waals surface area contributed by atoms with Crippen LogP contribution in [0.1, 0.15) is 22.8 Å². The summed E-state index contributed by atoms with van der Waals surface area (Å²) in [6.07, 6.45) is 3.24. The molecule has 1 aromatic heterocycles. The van der Waals surface area contributed by atoms with Crippen molar-refractivity contribution in [3.8, 4) is 5.75 Å². The zero-order chi connectivity index (χ0) is 12.3. The van der Waals surface area contributed by atoms with Gasteiger partial charge in [0.2, 0.25) is 0 Å². The molecule has 2 rings (SSSR count). The van der Waals surface area contributed by atoms with Gasteiger partial charge in [0, 0.05) is 0 Å². The normalized spacial score (nSPS) is 10.2. The van der Waals surface area contributed by atoms with Crippen molar-refractivity contribution in [1.29, 1.82) is 0 Å². The fourth-order valence-electron chi connectivity index (χ4n) is 1.62. The first-order chi connectivity index (χ1) is 8.20. The maximum absolute atomic E-state index is 11.5. The van der Waals surface area contributed by atoms with E-state index in [0.29, 0.717) is 17.9 Å². The average molecular weight is 231 g/mol. The van der Waals surface area contributed by atoms with Crippen molar-refractivity contribution in [2.24, 2.45) is 0 Å². The molecule has 0 spiro atoms. The summed E-state index contributed by atoms with van der Waals surface area (Å²) in [4.78, 5) is 13.0. The predicted molar refractivity (Wildman–Crippen MR) is 62.1 cm³/mol. The van der Waals surface area contributed by atoms with Gasteiger partial charge >= 0.3 is 0 Å². The third-order valence-corrected chi connectivity index (χ3v) is 2.43. The highest BCUT2D eigenvalue weighted by Crippen LogP contribution is 2.20. The van der Waals surface area contributed by atoms with Gasteiger partial charge in [-0.15, -0.1) is 0 Å². The van der Waals surface area contributed by atoms with E-state index < -0.39 is 0 Å². The fraction of sp³-hybridized carbons (Fsp3) is 0.250. The van der Waals surface area contributed by atoms with E-state index in [0.717, 1.165) is 5.56 Å². The Kier molecular flexibility index (Phi) is 3.18. The van der Waals surface area contributed by atoms with Crippen LogP contribution in [0.2, 0.25) is 0 Å². The lowest BCUT2D eigenvalue weighted by molar-refractivity contribution is 0.101. The summed E-state index contributed by atoms with van der Waals surface area (Å²) in [6, 6.07) is 5.49. The molecule has 2 aromatic rings. The second-order valence-corrected chi connectivity index (χ2v) is 3.65. The van der Waals surface area contributed by atoms with E-state index in [4.69, 9.17) is 4.74 Å². The Morgan fingerprint density at radius 3 is 2.65 bits per heavy atom. The van der Waals surface area contributed by atoms with Crippen molar-refractivity contribution in [2.75, 3.05) is 7.11 Å². The van der Waals surface area contributed by atoms with Gasteiger partial charge in [-0.25, -0.2) is 0 Å². The zero-order valence-corrected chi connectivity index (χ0v) is 9.75. The molecule has 0 saturated carbocycles. The van der Waals surface area contributed by atoms with Crippen LogP contribution in [-0.4, -0.2) is 27.9 Å². The number of hydrogen-bond donors (Lipinski definition) is 0. The zero-order valence-electron chi connectivity index (χ0n) is 9.75. The van der Waals surface area contributed by atoms with Crippen molar-refractivity contribution in [1.82, 2.24) is 15.0 Å². The Balaban J connectivity index is 2.30. The number of ether oxygens (including phenoxy) is 1. The van der Waals surface area contributed by atoms with E-state index in [1.807, 2.05) is 12.1 Å². The highest BCUT2D eigenvalue weighted by Gasteiger charge is 2.09. The van der Waals surface area contributed by atoms with E-state index in [1.165, 1.54) is 6.92 Å². The third-order valence-electron chi connectivity index (χ3n) is 2.43. The Labute approximate surface area is 99.0 Å². The van der Waals surface area contributed by atoms with Crippen LogP contribution in [0.15, 0.2) is 30.6 Å². The van der Waals surface area contributed by atoms with Crippen LogP contribution >= 0.6 is 0 Å². The molecular weight excluding hydrogens is 218 g/mol. The lowest BCUT2D eigenvalue weighted by atomic mass is 10.1. The summed E-state index contributed by atoms with van der Waals surface area (Å²) >= 11 is 0. The molecule has 5 heteroatoms. The van der Waals surface area contributed by atoms with Crippen molar-refractivity contribution >= 4 is 5.78 Å². The number of rotatable bonds is 4. The predicted octanol–water partition coefficient (Wildman–Crippen LogP) is 1.54. The summed E-state index contributed by atoms with van der Waals surface area (Å²) in [5.41, 5.74) is 1.55. The molecule has 0 fully saturated rings. The van der Waals surface area contributed by atoms with Gasteiger partial charge in [-0.05, 0) is 24.6 Å². The summed E-state index contributed by atoms with van der Waals surface area (Å²) in [5, 5.41) is 8.04. The Morgan fingerprint density at radius 2 is 2.06 bits per heavy atom. The van der Waals surface area contributed by atoms with Crippen molar-refractivity contribution in [3.05, 3.63) is 41.7 Å². The number of carbonyl (C=O) groups excluding carboxylic acids is 1. The molecule has 0 aliphatic heterocycles. The number of benzene rings is 1. The molecule has 0 amide bonds. The number of Topliss-reactive ketones (excluding diaryl/α,β-unsaturated/α-hetero) is 1. The Bertz CT molecular complexity index is 521. The highest BCUT2D eigenvalue weighted by molar-refractivity contribution is 5.97. The van der Waals surface area contributed by atoms with Crippen LogP contribution in [0.4, 0.5) is 0 Å². The average Bonchev–Trinajstić information content (AvgIpc) is 2.81. The van der Waals surface area contributed by atoms with Crippen LogP contribution in [-0.2, 0) is 6.54 Å². The molecule has 0 saturated heterocycles. The van der Waals surface area contributed by atoms with Crippen molar-refractivity contribution < 1.29 is 9.53 Å². The molecule has 1 heterocycles. The van der Waals surface area contributed by atoms with E-state index in [2.05, 4.69) is 10.2 Å². The molecule has 0 aliphatic carbocycles. The van der Waals surface area contributed by atoms with Gasteiger partial charge in [0.25, 0.3) is 0 Å².